The van der Waals surface area contributed by atoms with E-state index < -0.39 is 5.97 Å². The molecule has 0 aliphatic heterocycles. The topological polar surface area (TPSA) is 77.1 Å². The van der Waals surface area contributed by atoms with Crippen LogP contribution in [0.1, 0.15) is 72.8 Å². The molecule has 1 aromatic heterocycles. The number of aromatic carboxylic acids is 1. The van der Waals surface area contributed by atoms with Crippen molar-refractivity contribution in [3.8, 4) is 11.1 Å². The molecule has 0 amide bonds. The minimum atomic E-state index is -0.948. The van der Waals surface area contributed by atoms with E-state index in [0.29, 0.717) is 18.7 Å². The van der Waals surface area contributed by atoms with Gasteiger partial charge >= 0.3 is 11.7 Å². The van der Waals surface area contributed by atoms with Gasteiger partial charge in [-0.3, -0.25) is 4.57 Å². The van der Waals surface area contributed by atoms with Crippen molar-refractivity contribution in [1.82, 2.24) is 14.3 Å². The normalized spacial score (nSPS) is 11.1. The molecular weight excluding hydrogens is 462 g/mol. The van der Waals surface area contributed by atoms with Gasteiger partial charge in [-0.25, -0.2) is 14.3 Å². The van der Waals surface area contributed by atoms with E-state index in [0.717, 1.165) is 41.8 Å². The summed E-state index contributed by atoms with van der Waals surface area (Å²) in [6.45, 7) is 3.09. The first-order chi connectivity index (χ1) is 18.1. The van der Waals surface area contributed by atoms with E-state index in [-0.39, 0.29) is 11.3 Å². The average Bonchev–Trinajstić information content (AvgIpc) is 3.20. The van der Waals surface area contributed by atoms with Gasteiger partial charge in [0.25, 0.3) is 0 Å². The van der Waals surface area contributed by atoms with Gasteiger partial charge in [-0.2, -0.15) is 5.10 Å². The molecule has 0 fully saturated rings. The minimum Gasteiger partial charge on any atom is -0.478 e. The highest BCUT2D eigenvalue weighted by atomic mass is 16.4. The van der Waals surface area contributed by atoms with E-state index in [4.69, 9.17) is 5.10 Å². The highest BCUT2D eigenvalue weighted by molar-refractivity contribution is 5.95. The quantitative estimate of drug-likeness (QED) is 0.217. The van der Waals surface area contributed by atoms with E-state index >= 15 is 0 Å². The molecule has 0 saturated heterocycles. The lowest BCUT2D eigenvalue weighted by Crippen LogP contribution is -2.26. The number of rotatable bonds is 13. The van der Waals surface area contributed by atoms with Crippen molar-refractivity contribution in [1.29, 1.82) is 0 Å². The number of carbonyl (C=O) groups is 1. The van der Waals surface area contributed by atoms with Crippen LogP contribution >= 0.6 is 0 Å². The number of nitrogens with zero attached hydrogens (tertiary/aromatic N) is 3. The standard InChI is InChI=1S/C31H35N3O3/c1-2-3-4-5-6-10-17-29-32-34(23-24-13-8-7-9-14-24)31(37)33(29)22-25-18-20-26(21-19-25)27-15-11-12-16-28(27)30(35)36/h7-9,11-16,18-21H,2-6,10,17,22-23H2,1H3,(H,35,36). The summed E-state index contributed by atoms with van der Waals surface area (Å²) in [5, 5.41) is 14.3. The Labute approximate surface area is 218 Å². The number of hydrogen-bond donors (Lipinski definition) is 1. The third-order valence-corrected chi connectivity index (χ3v) is 6.69. The smallest absolute Gasteiger partial charge is 0.346 e. The summed E-state index contributed by atoms with van der Waals surface area (Å²) in [4.78, 5) is 25.0. The van der Waals surface area contributed by atoms with Gasteiger partial charge in [0, 0.05) is 6.42 Å². The molecule has 4 aromatic rings. The molecule has 0 bridgehead atoms. The maximum absolute atomic E-state index is 13.4. The van der Waals surface area contributed by atoms with Gasteiger partial charge in [0.15, 0.2) is 0 Å². The Kier molecular flexibility index (Phi) is 9.08. The van der Waals surface area contributed by atoms with E-state index in [2.05, 4.69) is 6.92 Å². The minimum absolute atomic E-state index is 0.106. The summed E-state index contributed by atoms with van der Waals surface area (Å²) < 4.78 is 3.36. The number of hydrogen-bond acceptors (Lipinski definition) is 3. The second kappa shape index (κ2) is 12.9. The van der Waals surface area contributed by atoms with Crippen LogP contribution in [0.3, 0.4) is 0 Å². The molecule has 3 aromatic carbocycles. The van der Waals surface area contributed by atoms with E-state index in [1.165, 1.54) is 25.7 Å². The van der Waals surface area contributed by atoms with E-state index in [1.54, 1.807) is 21.4 Å². The van der Waals surface area contributed by atoms with Crippen LogP contribution in [0.4, 0.5) is 0 Å². The molecule has 0 unspecified atom stereocenters. The first kappa shape index (κ1) is 26.1. The zero-order chi connectivity index (χ0) is 26.0. The van der Waals surface area contributed by atoms with Crippen LogP contribution in [0, 0.1) is 0 Å². The maximum Gasteiger partial charge on any atom is 0.346 e. The van der Waals surface area contributed by atoms with Crippen molar-refractivity contribution in [2.45, 2.75) is 65.0 Å². The fraction of sp³-hybridized carbons (Fsp3) is 0.323. The fourth-order valence-corrected chi connectivity index (χ4v) is 4.65. The van der Waals surface area contributed by atoms with Crippen LogP contribution in [-0.2, 0) is 19.5 Å². The zero-order valence-corrected chi connectivity index (χ0v) is 21.5. The van der Waals surface area contributed by atoms with Gasteiger partial charge in [0.1, 0.15) is 5.82 Å². The average molecular weight is 498 g/mol. The number of carboxylic acid groups (broad SMARTS) is 1. The van der Waals surface area contributed by atoms with Gasteiger partial charge in [-0.05, 0) is 34.7 Å². The Morgan fingerprint density at radius 2 is 1.43 bits per heavy atom. The van der Waals surface area contributed by atoms with Gasteiger partial charge in [0.05, 0.1) is 18.7 Å². The molecule has 0 aliphatic carbocycles. The monoisotopic (exact) mass is 497 g/mol. The van der Waals surface area contributed by atoms with Gasteiger partial charge in [0.2, 0.25) is 0 Å². The lowest BCUT2D eigenvalue weighted by atomic mass is 9.99. The Balaban J connectivity index is 1.55. The predicted octanol–water partition coefficient (Wildman–Crippen LogP) is 6.41. The molecule has 0 atom stereocenters. The molecule has 4 rings (SSSR count). The maximum atomic E-state index is 13.4. The van der Waals surface area contributed by atoms with Crippen molar-refractivity contribution in [3.05, 3.63) is 112 Å². The summed E-state index contributed by atoms with van der Waals surface area (Å²) in [7, 11) is 0. The van der Waals surface area contributed by atoms with E-state index in [1.807, 2.05) is 66.7 Å². The van der Waals surface area contributed by atoms with Crippen LogP contribution < -0.4 is 5.69 Å². The molecule has 1 N–H and O–H groups in total. The molecule has 6 nitrogen and oxygen atoms in total. The highest BCUT2D eigenvalue weighted by Crippen LogP contribution is 2.24. The number of benzene rings is 3. The first-order valence-electron chi connectivity index (χ1n) is 13.2. The van der Waals surface area contributed by atoms with Crippen LogP contribution in [0.25, 0.3) is 11.1 Å². The molecule has 0 spiro atoms. The first-order valence-corrected chi connectivity index (χ1v) is 13.2. The Morgan fingerprint density at radius 3 is 2.16 bits per heavy atom. The lowest BCUT2D eigenvalue weighted by Gasteiger charge is -2.09. The Bertz CT molecular complexity index is 1350. The second-order valence-corrected chi connectivity index (χ2v) is 9.49. The SMILES string of the molecule is CCCCCCCCc1nn(Cc2ccccc2)c(=O)n1Cc1ccc(-c2ccccc2C(=O)O)cc1. The van der Waals surface area contributed by atoms with Crippen molar-refractivity contribution < 1.29 is 9.90 Å². The molecule has 6 heteroatoms. The zero-order valence-electron chi connectivity index (χ0n) is 21.5. The fourth-order valence-electron chi connectivity index (χ4n) is 4.65. The Hall–Kier alpha value is -3.93. The molecule has 37 heavy (non-hydrogen) atoms. The molecular formula is C31H35N3O3. The summed E-state index contributed by atoms with van der Waals surface area (Å²) in [5.74, 6) is -0.131. The lowest BCUT2D eigenvalue weighted by molar-refractivity contribution is 0.0697. The van der Waals surface area contributed by atoms with Gasteiger partial charge in [-0.1, -0.05) is 112 Å². The number of carboxylic acids is 1. The largest absolute Gasteiger partial charge is 0.478 e. The third-order valence-electron chi connectivity index (χ3n) is 6.69. The molecule has 1 heterocycles. The van der Waals surface area contributed by atoms with Crippen LogP contribution in [0.2, 0.25) is 0 Å². The number of unbranched alkanes of at least 4 members (excludes halogenated alkanes) is 5. The number of aromatic nitrogens is 3. The molecule has 0 aliphatic rings. The summed E-state index contributed by atoms with van der Waals surface area (Å²) in [6.07, 6.45) is 7.87. The van der Waals surface area contributed by atoms with Crippen molar-refractivity contribution in [3.63, 3.8) is 0 Å². The van der Waals surface area contributed by atoms with Crippen molar-refractivity contribution in [2.24, 2.45) is 0 Å². The van der Waals surface area contributed by atoms with Crippen LogP contribution in [-0.4, -0.2) is 25.4 Å². The van der Waals surface area contributed by atoms with Crippen LogP contribution in [0.15, 0.2) is 83.7 Å². The van der Waals surface area contributed by atoms with Crippen molar-refractivity contribution in [2.75, 3.05) is 0 Å². The molecule has 0 saturated carbocycles. The van der Waals surface area contributed by atoms with Crippen molar-refractivity contribution >= 4 is 5.97 Å². The molecule has 0 radical (unpaired) electrons. The molecule has 192 valence electrons. The van der Waals surface area contributed by atoms with Gasteiger partial charge < -0.3 is 5.11 Å². The predicted molar refractivity (Wildman–Crippen MR) is 147 cm³/mol. The summed E-state index contributed by atoms with van der Waals surface area (Å²) >= 11 is 0. The van der Waals surface area contributed by atoms with Gasteiger partial charge in [-0.15, -0.1) is 0 Å². The summed E-state index contributed by atoms with van der Waals surface area (Å²) in [5.41, 5.74) is 3.70. The highest BCUT2D eigenvalue weighted by Gasteiger charge is 2.15. The third kappa shape index (κ3) is 6.85. The van der Waals surface area contributed by atoms with E-state index in [9.17, 15) is 14.7 Å². The Morgan fingerprint density at radius 1 is 0.784 bits per heavy atom. The summed E-state index contributed by atoms with van der Waals surface area (Å²) in [6, 6.07) is 24.7. The second-order valence-electron chi connectivity index (χ2n) is 9.49. The number of aryl methyl sites for hydroxylation is 1. The van der Waals surface area contributed by atoms with Crippen LogP contribution in [0.5, 0.6) is 0 Å².